The third kappa shape index (κ3) is 6.85. The van der Waals surface area contributed by atoms with Crippen molar-refractivity contribution >= 4 is 17.3 Å². The summed E-state index contributed by atoms with van der Waals surface area (Å²) in [4.78, 5) is 41.2. The van der Waals surface area contributed by atoms with Crippen molar-refractivity contribution in [2.45, 2.75) is 133 Å². The number of rotatable bonds is 8. The lowest BCUT2D eigenvalue weighted by atomic mass is 9.71. The number of aromatic hydroxyl groups is 2. The van der Waals surface area contributed by atoms with Crippen molar-refractivity contribution in [3.8, 4) is 11.5 Å². The van der Waals surface area contributed by atoms with Crippen LogP contribution in [0, 0.1) is 0 Å². The van der Waals surface area contributed by atoms with Gasteiger partial charge in [0, 0.05) is 53.6 Å². The third-order valence-electron chi connectivity index (χ3n) is 11.8. The highest BCUT2D eigenvalue weighted by Gasteiger charge is 2.52. The number of nitrogens with zero attached hydrogens (tertiary/aromatic N) is 1. The Morgan fingerprint density at radius 1 is 0.839 bits per heavy atom. The van der Waals surface area contributed by atoms with Gasteiger partial charge >= 0.3 is 0 Å². The average Bonchev–Trinajstić information content (AvgIpc) is 3.14. The monoisotopic (exact) mass is 782 g/mol. The van der Waals surface area contributed by atoms with E-state index in [1.54, 1.807) is 39.8 Å². The fourth-order valence-electron chi connectivity index (χ4n) is 8.62. The van der Waals surface area contributed by atoms with Crippen LogP contribution >= 0.6 is 0 Å². The number of hydrogen-bond acceptors (Lipinski definition) is 16. The van der Waals surface area contributed by atoms with E-state index in [0.29, 0.717) is 0 Å². The SMILES string of the molecule is CC[C@@]1(O)C[C@H](O[C@H]2C[C@H](N(C)C)[C@H](O[C@H]3C[C@H](O)[C@H](O[C@@H]4O[C@@H](C)C(=O)C=C4N)[C@H](C)O3)[C@H](C)O2)c2c(O)c3c(c(O)c2[C@H]1O)C(=O)c1ccccc1C3=O. The summed E-state index contributed by atoms with van der Waals surface area (Å²) in [5.41, 5.74) is 3.06. The summed E-state index contributed by atoms with van der Waals surface area (Å²) in [5.74, 6) is -3.00. The average molecular weight is 783 g/mol. The molecule has 7 N–H and O–H groups in total. The summed E-state index contributed by atoms with van der Waals surface area (Å²) in [6.45, 7) is 6.73. The molecule has 0 saturated carbocycles. The van der Waals surface area contributed by atoms with Crippen LogP contribution in [0.4, 0.5) is 0 Å². The number of fused-ring (bicyclic) bond motifs is 3. The van der Waals surface area contributed by atoms with Crippen molar-refractivity contribution < 1.29 is 68.3 Å². The lowest BCUT2D eigenvalue weighted by molar-refractivity contribution is -0.321. The van der Waals surface area contributed by atoms with Gasteiger partial charge in [0.25, 0.3) is 0 Å². The second kappa shape index (κ2) is 15.2. The Balaban J connectivity index is 1.11. The van der Waals surface area contributed by atoms with E-state index in [-0.39, 0.29) is 65.5 Å². The van der Waals surface area contributed by atoms with Crippen LogP contribution in [0.5, 0.6) is 11.5 Å². The Kier molecular flexibility index (Phi) is 10.9. The van der Waals surface area contributed by atoms with Gasteiger partial charge in [-0.3, -0.25) is 14.4 Å². The number of phenolic OH excluding ortho intramolecular Hbond substituents is 2. The third-order valence-corrected chi connectivity index (χ3v) is 11.8. The van der Waals surface area contributed by atoms with Gasteiger partial charge in [-0.25, -0.2) is 0 Å². The minimum Gasteiger partial charge on any atom is -0.507 e. The van der Waals surface area contributed by atoms with Crippen LogP contribution in [0.3, 0.4) is 0 Å². The molecule has 0 aromatic heterocycles. The first kappa shape index (κ1) is 40.4. The van der Waals surface area contributed by atoms with Gasteiger partial charge < -0.3 is 64.6 Å². The van der Waals surface area contributed by atoms with Crippen LogP contribution < -0.4 is 5.73 Å². The largest absolute Gasteiger partial charge is 0.507 e. The van der Waals surface area contributed by atoms with Gasteiger partial charge in [-0.15, -0.1) is 0 Å². The molecular weight excluding hydrogens is 732 g/mol. The molecule has 56 heavy (non-hydrogen) atoms. The Bertz CT molecular complexity index is 1920. The predicted octanol–water partition coefficient (Wildman–Crippen LogP) is 2.00. The number of carbonyl (C=O) groups is 3. The minimum atomic E-state index is -1.85. The summed E-state index contributed by atoms with van der Waals surface area (Å²) < 4.78 is 37.1. The number of hydrogen-bond donors (Lipinski definition) is 6. The second-order valence-electron chi connectivity index (χ2n) is 15.6. The van der Waals surface area contributed by atoms with Crippen LogP contribution in [0.2, 0.25) is 0 Å². The van der Waals surface area contributed by atoms with Crippen LogP contribution in [-0.2, 0) is 33.2 Å². The maximum atomic E-state index is 13.7. The fraction of sp³-hybridized carbons (Fsp3) is 0.575. The maximum Gasteiger partial charge on any atom is 0.199 e. The summed E-state index contributed by atoms with van der Waals surface area (Å²) >= 11 is 0. The van der Waals surface area contributed by atoms with E-state index in [9.17, 15) is 39.9 Å². The Labute approximate surface area is 323 Å². The van der Waals surface area contributed by atoms with Crippen LogP contribution in [0.15, 0.2) is 36.0 Å². The number of phenols is 2. The zero-order valence-electron chi connectivity index (χ0n) is 32.1. The van der Waals surface area contributed by atoms with Gasteiger partial charge in [-0.05, 0) is 41.3 Å². The molecule has 304 valence electrons. The summed E-state index contributed by atoms with van der Waals surface area (Å²) in [6.07, 6.45) is -9.01. The van der Waals surface area contributed by atoms with E-state index in [0.717, 1.165) is 0 Å². The molecule has 2 aromatic carbocycles. The number of benzene rings is 2. The normalized spacial score (nSPS) is 37.2. The molecule has 2 fully saturated rings. The van der Waals surface area contributed by atoms with Crippen molar-refractivity contribution in [3.63, 3.8) is 0 Å². The molecule has 3 aliphatic heterocycles. The molecule has 16 nitrogen and oxygen atoms in total. The van der Waals surface area contributed by atoms with Crippen molar-refractivity contribution in [2.24, 2.45) is 5.73 Å². The molecule has 0 spiro atoms. The van der Waals surface area contributed by atoms with E-state index in [2.05, 4.69) is 0 Å². The number of nitrogens with two attached hydrogens (primary N) is 1. The molecule has 0 unspecified atom stereocenters. The van der Waals surface area contributed by atoms with Crippen LogP contribution in [0.1, 0.15) is 109 Å². The molecule has 7 rings (SSSR count). The Morgan fingerprint density at radius 2 is 1.41 bits per heavy atom. The highest BCUT2D eigenvalue weighted by atomic mass is 16.7. The van der Waals surface area contributed by atoms with Gasteiger partial charge in [-0.1, -0.05) is 31.2 Å². The number of ketones is 3. The van der Waals surface area contributed by atoms with Crippen LogP contribution in [-0.4, -0.2) is 129 Å². The molecular formula is C40H50N2O14. The molecule has 5 aliphatic rings. The highest BCUT2D eigenvalue weighted by molar-refractivity contribution is 6.30. The topological polar surface area (TPSA) is 237 Å². The maximum absolute atomic E-state index is 13.7. The van der Waals surface area contributed by atoms with Crippen molar-refractivity contribution in [1.29, 1.82) is 0 Å². The number of ether oxygens (including phenoxy) is 6. The standard InChI is InChI=1S/C40H50N2O14/c1-7-40(50)15-25(28-31(38(40)49)35(48)30-29(34(28)47)32(45)19-10-8-9-11-20(19)33(30)46)54-26-13-22(42(5)6)36(17(3)51-26)55-27-14-24(44)37(18(4)52-27)56-39-21(41)12-23(43)16(2)53-39/h8-12,16-18,22,24-27,36-39,44,47-50H,7,13-15,41H2,1-6H3/t16-,17-,18-,22-,24-,25-,26-,27-,36+,37+,38+,39-,40+/m0/s1. The number of likely N-dealkylation sites (N-methyl/N-ethyl adjacent to an activating group) is 1. The first-order chi connectivity index (χ1) is 26.4. The fourth-order valence-corrected chi connectivity index (χ4v) is 8.62. The first-order valence-electron chi connectivity index (χ1n) is 18.9. The number of aliphatic hydroxyl groups excluding tert-OH is 2. The van der Waals surface area contributed by atoms with E-state index >= 15 is 0 Å². The van der Waals surface area contributed by atoms with Gasteiger partial charge in [0.2, 0.25) is 0 Å². The molecule has 3 heterocycles. The molecule has 13 atom stereocenters. The lowest BCUT2D eigenvalue weighted by Crippen LogP contribution is -2.58. The summed E-state index contributed by atoms with van der Waals surface area (Å²) in [7, 11) is 3.71. The summed E-state index contributed by atoms with van der Waals surface area (Å²) in [5, 5.41) is 57.7. The quantitative estimate of drug-likeness (QED) is 0.179. The smallest absolute Gasteiger partial charge is 0.199 e. The zero-order chi connectivity index (χ0) is 40.5. The Hall–Kier alpha value is -3.81. The predicted molar refractivity (Wildman–Crippen MR) is 194 cm³/mol. The zero-order valence-corrected chi connectivity index (χ0v) is 32.1. The lowest BCUT2D eigenvalue weighted by Gasteiger charge is -2.48. The molecule has 0 radical (unpaired) electrons. The van der Waals surface area contributed by atoms with Crippen molar-refractivity contribution in [2.75, 3.05) is 14.1 Å². The van der Waals surface area contributed by atoms with Crippen molar-refractivity contribution in [1.82, 2.24) is 4.90 Å². The molecule has 2 aromatic rings. The number of carbonyl (C=O) groups excluding carboxylic acids is 3. The van der Waals surface area contributed by atoms with E-state index < -0.39 is 107 Å². The Morgan fingerprint density at radius 3 is 1.98 bits per heavy atom. The first-order valence-corrected chi connectivity index (χ1v) is 18.9. The van der Waals surface area contributed by atoms with E-state index in [4.69, 9.17) is 34.2 Å². The molecule has 2 aliphatic carbocycles. The van der Waals surface area contributed by atoms with Gasteiger partial charge in [0.15, 0.2) is 36.2 Å². The molecule has 0 amide bonds. The second-order valence-corrected chi connectivity index (χ2v) is 15.6. The van der Waals surface area contributed by atoms with E-state index in [1.165, 1.54) is 18.2 Å². The number of aliphatic hydroxyl groups is 3. The van der Waals surface area contributed by atoms with Crippen molar-refractivity contribution in [3.05, 3.63) is 69.4 Å². The molecule has 0 bridgehead atoms. The highest BCUT2D eigenvalue weighted by Crippen LogP contribution is 2.56. The minimum absolute atomic E-state index is 0.0206. The van der Waals surface area contributed by atoms with Gasteiger partial charge in [0.1, 0.15) is 35.9 Å². The van der Waals surface area contributed by atoms with Gasteiger partial charge in [-0.2, -0.15) is 0 Å². The van der Waals surface area contributed by atoms with Gasteiger partial charge in [0.05, 0.1) is 46.8 Å². The summed E-state index contributed by atoms with van der Waals surface area (Å²) in [6, 6.07) is 5.71. The van der Waals surface area contributed by atoms with Crippen LogP contribution in [0.25, 0.3) is 0 Å². The molecule has 16 heteroatoms. The van der Waals surface area contributed by atoms with E-state index in [1.807, 2.05) is 19.0 Å². The molecule has 2 saturated heterocycles.